The Bertz CT molecular complexity index is 321. The molecular formula is C16H31NO4. The fourth-order valence-electron chi connectivity index (χ4n) is 3.47. The summed E-state index contributed by atoms with van der Waals surface area (Å²) in [6.07, 6.45) is 3.73. The lowest BCUT2D eigenvalue weighted by molar-refractivity contribution is -0.182. The normalized spacial score (nSPS) is 36.2. The third kappa shape index (κ3) is 5.02. The predicted molar refractivity (Wildman–Crippen MR) is 81.8 cm³/mol. The second-order valence-electron chi connectivity index (χ2n) is 6.73. The van der Waals surface area contributed by atoms with Crippen LogP contribution in [0.2, 0.25) is 0 Å². The standard InChI is InChI=1S/C16H31NO4/c1-4-7-16(3,17)8-5-6-12-11(2)21-14(10-19)15(20)13(12)9-18/h9,11-15,19-20H,4-8,10,17H2,1-3H3. The number of aliphatic hydroxyl groups is 2. The SMILES string of the molecule is CCCC(C)(N)CCCC1C(C)OC(CO)C(O)C1C=O. The van der Waals surface area contributed by atoms with Crippen LogP contribution in [-0.4, -0.2) is 47.0 Å². The van der Waals surface area contributed by atoms with Gasteiger partial charge in [0, 0.05) is 11.5 Å². The first-order chi connectivity index (χ1) is 9.86. The summed E-state index contributed by atoms with van der Waals surface area (Å²) in [5.74, 6) is -0.487. The van der Waals surface area contributed by atoms with E-state index < -0.39 is 18.1 Å². The van der Waals surface area contributed by atoms with Crippen LogP contribution in [0, 0.1) is 11.8 Å². The molecule has 1 aliphatic rings. The number of aliphatic hydroxyl groups excluding tert-OH is 2. The van der Waals surface area contributed by atoms with Gasteiger partial charge in [-0.25, -0.2) is 0 Å². The van der Waals surface area contributed by atoms with Crippen molar-refractivity contribution < 1.29 is 19.7 Å². The van der Waals surface area contributed by atoms with Crippen LogP contribution in [0.4, 0.5) is 0 Å². The van der Waals surface area contributed by atoms with Gasteiger partial charge in [0.25, 0.3) is 0 Å². The molecule has 4 N–H and O–H groups in total. The molecule has 0 spiro atoms. The van der Waals surface area contributed by atoms with Gasteiger partial charge in [0.2, 0.25) is 0 Å². The molecule has 0 aromatic carbocycles. The fourth-order valence-corrected chi connectivity index (χ4v) is 3.47. The zero-order chi connectivity index (χ0) is 16.0. The molecule has 0 aromatic heterocycles. The molecule has 124 valence electrons. The van der Waals surface area contributed by atoms with Crippen LogP contribution >= 0.6 is 0 Å². The molecule has 0 saturated carbocycles. The second kappa shape index (κ2) is 8.22. The smallest absolute Gasteiger partial charge is 0.126 e. The average Bonchev–Trinajstić information content (AvgIpc) is 2.42. The first kappa shape index (κ1) is 18.6. The maximum absolute atomic E-state index is 11.3. The number of aldehydes is 1. The lowest BCUT2D eigenvalue weighted by Gasteiger charge is -2.42. The van der Waals surface area contributed by atoms with E-state index >= 15 is 0 Å². The van der Waals surface area contributed by atoms with Gasteiger partial charge in [-0.05, 0) is 39.0 Å². The molecule has 21 heavy (non-hydrogen) atoms. The Hall–Kier alpha value is -0.490. The van der Waals surface area contributed by atoms with Crippen LogP contribution in [0.3, 0.4) is 0 Å². The van der Waals surface area contributed by atoms with Gasteiger partial charge in [0.1, 0.15) is 12.4 Å². The van der Waals surface area contributed by atoms with Crippen molar-refractivity contribution in [2.24, 2.45) is 17.6 Å². The van der Waals surface area contributed by atoms with E-state index in [2.05, 4.69) is 13.8 Å². The molecule has 0 aromatic rings. The van der Waals surface area contributed by atoms with Crippen molar-refractivity contribution in [2.75, 3.05) is 6.61 Å². The van der Waals surface area contributed by atoms with Crippen molar-refractivity contribution >= 4 is 6.29 Å². The summed E-state index contributed by atoms with van der Waals surface area (Å²) in [5.41, 5.74) is 6.06. The van der Waals surface area contributed by atoms with Crippen molar-refractivity contribution in [2.45, 2.75) is 76.7 Å². The average molecular weight is 301 g/mol. The molecule has 6 unspecified atom stereocenters. The Kier molecular flexibility index (Phi) is 7.27. The highest BCUT2D eigenvalue weighted by Crippen LogP contribution is 2.34. The molecular weight excluding hydrogens is 270 g/mol. The molecule has 5 nitrogen and oxygen atoms in total. The topological polar surface area (TPSA) is 92.8 Å². The van der Waals surface area contributed by atoms with Gasteiger partial charge in [-0.3, -0.25) is 0 Å². The quantitative estimate of drug-likeness (QED) is 0.587. The van der Waals surface area contributed by atoms with Gasteiger partial charge >= 0.3 is 0 Å². The molecule has 6 atom stereocenters. The van der Waals surface area contributed by atoms with Crippen molar-refractivity contribution in [1.29, 1.82) is 0 Å². The Balaban J connectivity index is 2.58. The molecule has 0 aliphatic carbocycles. The van der Waals surface area contributed by atoms with Crippen LogP contribution in [0.5, 0.6) is 0 Å². The lowest BCUT2D eigenvalue weighted by atomic mass is 9.76. The summed E-state index contributed by atoms with van der Waals surface area (Å²) in [5, 5.41) is 19.3. The minimum absolute atomic E-state index is 0.0160. The number of ether oxygens (including phenoxy) is 1. The molecule has 1 heterocycles. The van der Waals surface area contributed by atoms with Gasteiger partial charge in [0.15, 0.2) is 0 Å². The monoisotopic (exact) mass is 301 g/mol. The minimum atomic E-state index is -0.923. The number of hydrogen-bond acceptors (Lipinski definition) is 5. The van der Waals surface area contributed by atoms with E-state index in [4.69, 9.17) is 10.5 Å². The Labute approximate surface area is 127 Å². The fraction of sp³-hybridized carbons (Fsp3) is 0.938. The third-order valence-electron chi connectivity index (χ3n) is 4.71. The number of rotatable bonds is 8. The largest absolute Gasteiger partial charge is 0.394 e. The summed E-state index contributed by atoms with van der Waals surface area (Å²) in [4.78, 5) is 11.3. The number of carbonyl (C=O) groups is 1. The van der Waals surface area contributed by atoms with Gasteiger partial charge < -0.3 is 25.5 Å². The van der Waals surface area contributed by atoms with E-state index in [9.17, 15) is 15.0 Å². The highest BCUT2D eigenvalue weighted by molar-refractivity contribution is 5.55. The molecule has 0 radical (unpaired) electrons. The molecule has 1 fully saturated rings. The van der Waals surface area contributed by atoms with Crippen LogP contribution in [0.25, 0.3) is 0 Å². The minimum Gasteiger partial charge on any atom is -0.394 e. The van der Waals surface area contributed by atoms with Crippen LogP contribution < -0.4 is 5.73 Å². The molecule has 1 saturated heterocycles. The van der Waals surface area contributed by atoms with Crippen molar-refractivity contribution in [1.82, 2.24) is 0 Å². The second-order valence-corrected chi connectivity index (χ2v) is 6.73. The molecule has 0 bridgehead atoms. The van der Waals surface area contributed by atoms with E-state index in [0.29, 0.717) is 0 Å². The van der Waals surface area contributed by atoms with Gasteiger partial charge in [-0.1, -0.05) is 19.8 Å². The van der Waals surface area contributed by atoms with E-state index in [1.807, 2.05) is 6.92 Å². The van der Waals surface area contributed by atoms with Crippen molar-refractivity contribution in [3.63, 3.8) is 0 Å². The maximum atomic E-state index is 11.3. The number of hydrogen-bond donors (Lipinski definition) is 3. The van der Waals surface area contributed by atoms with Gasteiger partial charge in [-0.2, -0.15) is 0 Å². The summed E-state index contributed by atoms with van der Waals surface area (Å²) in [6, 6.07) is 0. The highest BCUT2D eigenvalue weighted by atomic mass is 16.5. The van der Waals surface area contributed by atoms with Crippen LogP contribution in [-0.2, 0) is 9.53 Å². The maximum Gasteiger partial charge on any atom is 0.126 e. The first-order valence-corrected chi connectivity index (χ1v) is 8.04. The van der Waals surface area contributed by atoms with Crippen LogP contribution in [0.15, 0.2) is 0 Å². The molecule has 5 heteroatoms. The van der Waals surface area contributed by atoms with Gasteiger partial charge in [-0.15, -0.1) is 0 Å². The van der Waals surface area contributed by atoms with E-state index in [1.54, 1.807) is 0 Å². The zero-order valence-corrected chi connectivity index (χ0v) is 13.5. The van der Waals surface area contributed by atoms with Crippen LogP contribution in [0.1, 0.15) is 52.9 Å². The molecule has 0 amide bonds. The highest BCUT2D eigenvalue weighted by Gasteiger charge is 2.42. The van der Waals surface area contributed by atoms with E-state index in [0.717, 1.165) is 38.4 Å². The Morgan fingerprint density at radius 1 is 1.38 bits per heavy atom. The summed E-state index contributed by atoms with van der Waals surface area (Å²) in [7, 11) is 0. The van der Waals surface area contributed by atoms with Crippen molar-refractivity contribution in [3.8, 4) is 0 Å². The molecule has 1 rings (SSSR count). The lowest BCUT2D eigenvalue weighted by Crippen LogP contribution is -2.52. The van der Waals surface area contributed by atoms with E-state index in [-0.39, 0.29) is 24.2 Å². The summed E-state index contributed by atoms with van der Waals surface area (Å²) < 4.78 is 5.63. The Morgan fingerprint density at radius 2 is 2.05 bits per heavy atom. The summed E-state index contributed by atoms with van der Waals surface area (Å²) >= 11 is 0. The number of carbonyl (C=O) groups excluding carboxylic acids is 1. The number of nitrogens with two attached hydrogens (primary N) is 1. The third-order valence-corrected chi connectivity index (χ3v) is 4.71. The predicted octanol–water partition coefficient (Wildman–Crippen LogP) is 1.25. The Morgan fingerprint density at radius 3 is 2.57 bits per heavy atom. The first-order valence-electron chi connectivity index (χ1n) is 8.04. The van der Waals surface area contributed by atoms with Gasteiger partial charge in [0.05, 0.1) is 18.8 Å². The van der Waals surface area contributed by atoms with Crippen molar-refractivity contribution in [3.05, 3.63) is 0 Å². The zero-order valence-electron chi connectivity index (χ0n) is 13.5. The van der Waals surface area contributed by atoms with E-state index in [1.165, 1.54) is 0 Å². The summed E-state index contributed by atoms with van der Waals surface area (Å²) in [6.45, 7) is 5.82. The molecule has 1 aliphatic heterocycles.